The first kappa shape index (κ1) is 29.3. The van der Waals surface area contributed by atoms with Crippen LogP contribution in [0.4, 0.5) is 0 Å². The second-order valence-corrected chi connectivity index (χ2v) is 10.1. The lowest BCUT2D eigenvalue weighted by molar-refractivity contribution is -0.175. The smallest absolute Gasteiger partial charge is 0.343 e. The van der Waals surface area contributed by atoms with Crippen molar-refractivity contribution in [1.29, 1.82) is 0 Å². The number of aliphatic hydroxyl groups is 1. The summed E-state index contributed by atoms with van der Waals surface area (Å²) in [6.07, 6.45) is 0.726. The molecule has 0 amide bonds. The molecule has 0 spiro atoms. The highest BCUT2D eigenvalue weighted by Gasteiger charge is 2.46. The highest BCUT2D eigenvalue weighted by atomic mass is 16.7. The third-order valence-corrected chi connectivity index (χ3v) is 6.94. The van der Waals surface area contributed by atoms with Crippen molar-refractivity contribution in [3.63, 3.8) is 0 Å². The fourth-order valence-corrected chi connectivity index (χ4v) is 5.15. The molecule has 1 unspecified atom stereocenters. The summed E-state index contributed by atoms with van der Waals surface area (Å²) in [5, 5.41) is 23.4. The van der Waals surface area contributed by atoms with E-state index >= 15 is 0 Å². The average molecular weight is 554 g/mol. The number of aliphatic carboxylic acids is 1. The molecule has 0 bridgehead atoms. The molecule has 0 saturated heterocycles. The lowest BCUT2D eigenvalue weighted by atomic mass is 9.85. The maximum atomic E-state index is 13.6. The summed E-state index contributed by atoms with van der Waals surface area (Å²) in [5.74, 6) is -1.62. The van der Waals surface area contributed by atoms with Gasteiger partial charge in [-0.1, -0.05) is 32.0 Å². The molecule has 1 aromatic carbocycles. The summed E-state index contributed by atoms with van der Waals surface area (Å²) in [5.41, 5.74) is 2.60. The van der Waals surface area contributed by atoms with Crippen LogP contribution in [-0.4, -0.2) is 64.8 Å². The molecule has 40 heavy (non-hydrogen) atoms. The Labute approximate surface area is 231 Å². The molecule has 1 atom stereocenters. The number of carbonyl (C=O) groups is 2. The number of nitrogens with zero attached hydrogens (tertiary/aromatic N) is 2. The van der Waals surface area contributed by atoms with Crippen LogP contribution in [0, 0.1) is 0 Å². The Balaban J connectivity index is 0.000000867. The van der Waals surface area contributed by atoms with E-state index in [1.165, 1.54) is 7.11 Å². The monoisotopic (exact) mass is 553 g/mol. The number of ether oxygens (including phenoxy) is 3. The molecule has 0 fully saturated rings. The summed E-state index contributed by atoms with van der Waals surface area (Å²) in [6.45, 7) is 6.40. The topological polar surface area (TPSA) is 149 Å². The van der Waals surface area contributed by atoms with E-state index in [0.29, 0.717) is 24.0 Å². The van der Waals surface area contributed by atoms with Gasteiger partial charge in [-0.3, -0.25) is 9.59 Å². The molecule has 3 N–H and O–H groups in total. The molecule has 11 nitrogen and oxygen atoms in total. The zero-order valence-electron chi connectivity index (χ0n) is 23.2. The van der Waals surface area contributed by atoms with Crippen LogP contribution < -0.4 is 10.9 Å². The fraction of sp³-hybridized carbons (Fsp3) is 0.448. The largest absolute Gasteiger partial charge is 0.481 e. The van der Waals surface area contributed by atoms with Crippen LogP contribution in [-0.2, 0) is 49.0 Å². The van der Waals surface area contributed by atoms with Crippen LogP contribution in [0.3, 0.4) is 0 Å². The molecule has 3 aromatic rings. The van der Waals surface area contributed by atoms with Gasteiger partial charge >= 0.3 is 5.97 Å². The van der Waals surface area contributed by atoms with Crippen molar-refractivity contribution in [2.24, 2.45) is 0 Å². The van der Waals surface area contributed by atoms with E-state index in [1.807, 2.05) is 18.2 Å². The first-order valence-corrected chi connectivity index (χ1v) is 13.2. The van der Waals surface area contributed by atoms with Crippen molar-refractivity contribution in [3.05, 3.63) is 62.9 Å². The number of rotatable bonds is 9. The number of carbonyl (C=O) groups excluding carboxylic acids is 1. The number of hydrogen-bond donors (Lipinski definition) is 3. The highest BCUT2D eigenvalue weighted by molar-refractivity contribution is 5.89. The van der Waals surface area contributed by atoms with E-state index in [2.05, 4.69) is 25.2 Å². The normalized spacial score (nSPS) is 17.1. The van der Waals surface area contributed by atoms with Crippen molar-refractivity contribution < 1.29 is 34.0 Å². The van der Waals surface area contributed by atoms with Crippen LogP contribution in [0.5, 0.6) is 0 Å². The number of esters is 1. The molecule has 2 aliphatic heterocycles. The van der Waals surface area contributed by atoms with Gasteiger partial charge in [0.2, 0.25) is 0 Å². The van der Waals surface area contributed by atoms with Crippen LogP contribution in [0.2, 0.25) is 0 Å². The van der Waals surface area contributed by atoms with Gasteiger partial charge in [0.1, 0.15) is 13.4 Å². The zero-order chi connectivity index (χ0) is 29.0. The number of carboxylic acids is 1. The van der Waals surface area contributed by atoms with Gasteiger partial charge in [-0.05, 0) is 30.7 Å². The van der Waals surface area contributed by atoms with Gasteiger partial charge in [-0.2, -0.15) is 0 Å². The number of methoxy groups -OCH3 is 1. The van der Waals surface area contributed by atoms with Crippen molar-refractivity contribution in [2.75, 3.05) is 27.1 Å². The number of hydrogen-bond acceptors (Lipinski definition) is 9. The van der Waals surface area contributed by atoms with Crippen molar-refractivity contribution >= 4 is 22.8 Å². The molecule has 2 aromatic heterocycles. The first-order chi connectivity index (χ1) is 19.1. The molecular weight excluding hydrogens is 518 g/mol. The summed E-state index contributed by atoms with van der Waals surface area (Å²) >= 11 is 0. The van der Waals surface area contributed by atoms with E-state index in [0.717, 1.165) is 41.9 Å². The van der Waals surface area contributed by atoms with Gasteiger partial charge in [0.05, 0.1) is 35.6 Å². The summed E-state index contributed by atoms with van der Waals surface area (Å²) < 4.78 is 17.1. The van der Waals surface area contributed by atoms with E-state index in [4.69, 9.17) is 29.1 Å². The number of carboxylic acid groups (broad SMARTS) is 1. The summed E-state index contributed by atoms with van der Waals surface area (Å²) in [6, 6.07) is 10.1. The predicted molar refractivity (Wildman–Crippen MR) is 147 cm³/mol. The molecule has 4 heterocycles. The van der Waals surface area contributed by atoms with Crippen LogP contribution in [0.25, 0.3) is 22.3 Å². The Hall–Kier alpha value is -3.64. The maximum Gasteiger partial charge on any atom is 0.343 e. The molecular formula is C29H35N3O8. The number of benzene rings is 1. The standard InChI is InChI=1S/C27H31N3O6.C2H4O2/c1-16(2)28-10-8-17-18-6-4-5-7-22(18)29-24-19(17)13-30-23(24)12-21-20(25(30)31)14-36-26(32)27(21,33)9-11-35-15-34-3;1-2(3)4/h4-7,12,16,28,33H,8-11,13-15H2,1-3H3;1H3,(H,3,4). The predicted octanol–water partition coefficient (Wildman–Crippen LogP) is 2.31. The van der Waals surface area contributed by atoms with E-state index in [1.54, 1.807) is 10.6 Å². The van der Waals surface area contributed by atoms with Gasteiger partial charge in [0.15, 0.2) is 5.60 Å². The molecule has 5 rings (SSSR count). The fourth-order valence-electron chi connectivity index (χ4n) is 5.15. The molecule has 0 radical (unpaired) electrons. The SMILES string of the molecule is CC(=O)O.COCOCCC1(O)C(=O)OCc2c1cc1n(c2=O)Cc2c-1nc1ccccc1c2CCNC(C)C. The summed E-state index contributed by atoms with van der Waals surface area (Å²) in [7, 11) is 1.49. The van der Waals surface area contributed by atoms with E-state index in [-0.39, 0.29) is 43.1 Å². The van der Waals surface area contributed by atoms with Crippen LogP contribution >= 0.6 is 0 Å². The minimum Gasteiger partial charge on any atom is -0.481 e. The minimum atomic E-state index is -1.99. The van der Waals surface area contributed by atoms with E-state index in [9.17, 15) is 14.7 Å². The van der Waals surface area contributed by atoms with Gasteiger partial charge < -0.3 is 34.3 Å². The van der Waals surface area contributed by atoms with Gasteiger partial charge in [-0.25, -0.2) is 9.78 Å². The average Bonchev–Trinajstić information content (AvgIpc) is 3.27. The van der Waals surface area contributed by atoms with Crippen LogP contribution in [0.15, 0.2) is 35.1 Å². The summed E-state index contributed by atoms with van der Waals surface area (Å²) in [4.78, 5) is 40.3. The minimum absolute atomic E-state index is 0.0314. The molecule has 0 aliphatic carbocycles. The Morgan fingerprint density at radius 3 is 2.67 bits per heavy atom. The highest BCUT2D eigenvalue weighted by Crippen LogP contribution is 2.40. The molecule has 2 aliphatic rings. The number of nitrogens with one attached hydrogen (secondary N) is 1. The molecule has 0 saturated carbocycles. The lowest BCUT2D eigenvalue weighted by Gasteiger charge is -2.32. The number of aromatic nitrogens is 2. The van der Waals surface area contributed by atoms with Crippen molar-refractivity contribution in [3.8, 4) is 11.4 Å². The number of para-hydroxylation sites is 1. The Bertz CT molecular complexity index is 1480. The number of pyridine rings is 2. The van der Waals surface area contributed by atoms with E-state index < -0.39 is 17.5 Å². The van der Waals surface area contributed by atoms with Crippen molar-refractivity contribution in [1.82, 2.24) is 14.9 Å². The number of fused-ring (bicyclic) bond motifs is 5. The van der Waals surface area contributed by atoms with Gasteiger partial charge in [-0.15, -0.1) is 0 Å². The molecule has 214 valence electrons. The second-order valence-electron chi connectivity index (χ2n) is 10.1. The third-order valence-electron chi connectivity index (χ3n) is 6.94. The Morgan fingerprint density at radius 1 is 1.25 bits per heavy atom. The number of cyclic esters (lactones) is 1. The molecule has 11 heteroatoms. The van der Waals surface area contributed by atoms with Crippen molar-refractivity contribution in [2.45, 2.75) is 58.4 Å². The third kappa shape index (κ3) is 5.78. The Morgan fingerprint density at radius 2 is 1.98 bits per heavy atom. The lowest BCUT2D eigenvalue weighted by Crippen LogP contribution is -2.45. The zero-order valence-corrected chi connectivity index (χ0v) is 23.2. The first-order valence-electron chi connectivity index (χ1n) is 13.2. The Kier molecular flexibility index (Phi) is 8.99. The maximum absolute atomic E-state index is 13.6. The van der Waals surface area contributed by atoms with Gasteiger partial charge in [0, 0.05) is 43.0 Å². The quantitative estimate of drug-likeness (QED) is 0.160. The van der Waals surface area contributed by atoms with Crippen LogP contribution in [0.1, 0.15) is 49.4 Å². The van der Waals surface area contributed by atoms with Gasteiger partial charge in [0.25, 0.3) is 11.5 Å². The second kappa shape index (κ2) is 12.3.